The molecular weight excluding hydrogens is 328 g/mol. The highest BCUT2D eigenvalue weighted by Gasteiger charge is 2.20. The van der Waals surface area contributed by atoms with Crippen LogP contribution in [0, 0.1) is 11.3 Å². The number of carbonyl (C=O) groups is 2. The second-order valence-electron chi connectivity index (χ2n) is 5.75. The topological polar surface area (TPSA) is 94.0 Å². The van der Waals surface area contributed by atoms with Gasteiger partial charge in [-0.05, 0) is 17.5 Å². The zero-order chi connectivity index (χ0) is 18.6. The Labute approximate surface area is 153 Å². The van der Waals surface area contributed by atoms with E-state index in [2.05, 4.69) is 16.0 Å². The Morgan fingerprint density at radius 1 is 0.923 bits per heavy atom. The Hall–Kier alpha value is -3.33. The number of rotatable bonds is 8. The normalized spacial score (nSPS) is 11.0. The highest BCUT2D eigenvalue weighted by Crippen LogP contribution is 2.04. The Kier molecular flexibility index (Phi) is 7.69. The molecule has 0 aromatic heterocycles. The van der Waals surface area contributed by atoms with E-state index in [1.54, 1.807) is 0 Å². The van der Waals surface area contributed by atoms with E-state index >= 15 is 0 Å². The molecule has 0 radical (unpaired) electrons. The highest BCUT2D eigenvalue weighted by atomic mass is 16.2. The van der Waals surface area contributed by atoms with Crippen molar-refractivity contribution < 1.29 is 9.59 Å². The molecule has 2 aromatic rings. The lowest BCUT2D eigenvalue weighted by Crippen LogP contribution is -2.51. The number of nitriles is 1. The zero-order valence-corrected chi connectivity index (χ0v) is 14.4. The van der Waals surface area contributed by atoms with Crippen molar-refractivity contribution in [3.63, 3.8) is 0 Å². The first-order chi connectivity index (χ1) is 12.7. The number of carbonyl (C=O) groups excluding carboxylic acids is 2. The predicted octanol–water partition coefficient (Wildman–Crippen LogP) is 1.78. The average molecular weight is 350 g/mol. The van der Waals surface area contributed by atoms with Crippen LogP contribution < -0.4 is 16.0 Å². The molecule has 6 nitrogen and oxygen atoms in total. The van der Waals surface area contributed by atoms with Gasteiger partial charge < -0.3 is 16.0 Å². The molecule has 0 heterocycles. The molecule has 0 saturated heterocycles. The number of hydrogen-bond donors (Lipinski definition) is 3. The van der Waals surface area contributed by atoms with Crippen LogP contribution in [0.1, 0.15) is 11.1 Å². The molecule has 0 aliphatic rings. The summed E-state index contributed by atoms with van der Waals surface area (Å²) in [6, 6.07) is 19.9. The van der Waals surface area contributed by atoms with Crippen molar-refractivity contribution in [1.82, 2.24) is 16.0 Å². The van der Waals surface area contributed by atoms with Crippen LogP contribution in [-0.4, -0.2) is 31.1 Å². The lowest BCUT2D eigenvalue weighted by Gasteiger charge is -2.18. The van der Waals surface area contributed by atoms with E-state index in [9.17, 15) is 9.59 Å². The zero-order valence-electron chi connectivity index (χ0n) is 14.4. The molecule has 2 rings (SSSR count). The van der Waals surface area contributed by atoms with Crippen LogP contribution in [0.25, 0.3) is 0 Å². The molecule has 0 saturated carbocycles. The first-order valence-corrected chi connectivity index (χ1v) is 8.46. The van der Waals surface area contributed by atoms with Crippen molar-refractivity contribution in [2.24, 2.45) is 0 Å². The fourth-order valence-electron chi connectivity index (χ4n) is 2.48. The summed E-state index contributed by atoms with van der Waals surface area (Å²) in [4.78, 5) is 24.4. The van der Waals surface area contributed by atoms with Crippen molar-refractivity contribution in [1.29, 1.82) is 5.26 Å². The minimum atomic E-state index is -0.748. The van der Waals surface area contributed by atoms with Crippen molar-refractivity contribution >= 4 is 11.9 Å². The summed E-state index contributed by atoms with van der Waals surface area (Å²) in [6.07, 6.45) is 1.06. The third kappa shape index (κ3) is 6.65. The van der Waals surface area contributed by atoms with Crippen LogP contribution >= 0.6 is 0 Å². The Bertz CT molecular complexity index is 741. The number of benzene rings is 2. The molecule has 3 amide bonds. The smallest absolute Gasteiger partial charge is 0.315 e. The summed E-state index contributed by atoms with van der Waals surface area (Å²) >= 11 is 0. The van der Waals surface area contributed by atoms with Gasteiger partial charge in [-0.15, -0.1) is 0 Å². The first kappa shape index (κ1) is 19.0. The van der Waals surface area contributed by atoms with Gasteiger partial charge in [0.25, 0.3) is 0 Å². The lowest BCUT2D eigenvalue weighted by atomic mass is 10.1. The van der Waals surface area contributed by atoms with E-state index in [4.69, 9.17) is 5.26 Å². The van der Waals surface area contributed by atoms with Crippen LogP contribution in [0.2, 0.25) is 0 Å². The van der Waals surface area contributed by atoms with Gasteiger partial charge in [-0.1, -0.05) is 60.7 Å². The molecule has 6 heteroatoms. The molecule has 1 unspecified atom stereocenters. The quantitative estimate of drug-likeness (QED) is 0.634. The number of nitrogens with one attached hydrogen (secondary N) is 3. The van der Waals surface area contributed by atoms with E-state index in [0.717, 1.165) is 11.1 Å². The van der Waals surface area contributed by atoms with Crippen molar-refractivity contribution in [2.75, 3.05) is 13.1 Å². The molecule has 1 atom stereocenters. The number of amides is 3. The van der Waals surface area contributed by atoms with Gasteiger partial charge >= 0.3 is 6.03 Å². The maximum absolute atomic E-state index is 12.2. The van der Waals surface area contributed by atoms with Gasteiger partial charge in [0.1, 0.15) is 12.6 Å². The predicted molar refractivity (Wildman–Crippen MR) is 99.2 cm³/mol. The molecule has 2 aromatic carbocycles. The molecule has 0 fully saturated rings. The van der Waals surface area contributed by atoms with Gasteiger partial charge in [0, 0.05) is 13.0 Å². The fourth-order valence-corrected chi connectivity index (χ4v) is 2.48. The standard InChI is InChI=1S/C20H22N4O2/c21-12-14-22-19(25)18(15-17-9-5-2-6-10-17)24-20(26)23-13-11-16-7-3-1-4-8-16/h1-10,18H,11,13-15H2,(H,22,25)(H2,23,24,26). The van der Waals surface area contributed by atoms with Crippen molar-refractivity contribution in [3.05, 3.63) is 71.8 Å². The summed E-state index contributed by atoms with van der Waals surface area (Å²) in [5.74, 6) is -0.381. The highest BCUT2D eigenvalue weighted by molar-refractivity contribution is 5.87. The van der Waals surface area contributed by atoms with E-state index in [1.165, 1.54) is 0 Å². The molecular formula is C20H22N4O2. The Balaban J connectivity index is 1.88. The summed E-state index contributed by atoms with van der Waals surface area (Å²) in [5.41, 5.74) is 2.05. The molecule has 0 aliphatic heterocycles. The first-order valence-electron chi connectivity index (χ1n) is 8.46. The summed E-state index contributed by atoms with van der Waals surface area (Å²) in [5, 5.41) is 16.6. The Morgan fingerprint density at radius 3 is 2.15 bits per heavy atom. The monoisotopic (exact) mass is 350 g/mol. The van der Waals surface area contributed by atoms with E-state index in [-0.39, 0.29) is 12.5 Å². The van der Waals surface area contributed by atoms with Gasteiger partial charge in [0.15, 0.2) is 0 Å². The Morgan fingerprint density at radius 2 is 1.54 bits per heavy atom. The summed E-state index contributed by atoms with van der Waals surface area (Å²) in [7, 11) is 0. The molecule has 26 heavy (non-hydrogen) atoms. The van der Waals surface area contributed by atoms with Crippen LogP contribution in [-0.2, 0) is 17.6 Å². The fraction of sp³-hybridized carbons (Fsp3) is 0.250. The molecule has 134 valence electrons. The van der Waals surface area contributed by atoms with E-state index in [1.807, 2.05) is 66.7 Å². The van der Waals surface area contributed by atoms with Crippen molar-refractivity contribution in [2.45, 2.75) is 18.9 Å². The second-order valence-corrected chi connectivity index (χ2v) is 5.75. The van der Waals surface area contributed by atoms with Gasteiger partial charge in [0.2, 0.25) is 5.91 Å². The van der Waals surface area contributed by atoms with Crippen LogP contribution in [0.15, 0.2) is 60.7 Å². The van der Waals surface area contributed by atoms with Gasteiger partial charge in [-0.3, -0.25) is 4.79 Å². The van der Waals surface area contributed by atoms with E-state index in [0.29, 0.717) is 19.4 Å². The number of hydrogen-bond acceptors (Lipinski definition) is 3. The largest absolute Gasteiger partial charge is 0.341 e. The third-order valence-corrected chi connectivity index (χ3v) is 3.79. The number of urea groups is 1. The SMILES string of the molecule is N#CCNC(=O)C(Cc1ccccc1)NC(=O)NCCc1ccccc1. The molecule has 3 N–H and O–H groups in total. The maximum Gasteiger partial charge on any atom is 0.315 e. The van der Waals surface area contributed by atoms with Crippen LogP contribution in [0.4, 0.5) is 4.79 Å². The number of nitrogens with zero attached hydrogens (tertiary/aromatic N) is 1. The van der Waals surface area contributed by atoms with Crippen molar-refractivity contribution in [3.8, 4) is 6.07 Å². The minimum Gasteiger partial charge on any atom is -0.341 e. The van der Waals surface area contributed by atoms with Gasteiger partial charge in [-0.25, -0.2) is 4.79 Å². The van der Waals surface area contributed by atoms with Crippen LogP contribution in [0.5, 0.6) is 0 Å². The summed E-state index contributed by atoms with van der Waals surface area (Å²) < 4.78 is 0. The van der Waals surface area contributed by atoms with E-state index < -0.39 is 12.1 Å². The molecule has 0 bridgehead atoms. The van der Waals surface area contributed by atoms with Gasteiger partial charge in [-0.2, -0.15) is 5.26 Å². The lowest BCUT2D eigenvalue weighted by molar-refractivity contribution is -0.122. The average Bonchev–Trinajstić information content (AvgIpc) is 2.67. The maximum atomic E-state index is 12.2. The van der Waals surface area contributed by atoms with Gasteiger partial charge in [0.05, 0.1) is 6.07 Å². The third-order valence-electron chi connectivity index (χ3n) is 3.79. The second kappa shape index (κ2) is 10.5. The minimum absolute atomic E-state index is 0.0958. The summed E-state index contributed by atoms with van der Waals surface area (Å²) in [6.45, 7) is 0.370. The molecule has 0 aliphatic carbocycles. The van der Waals surface area contributed by atoms with Crippen LogP contribution in [0.3, 0.4) is 0 Å². The molecule has 0 spiro atoms.